The number of aryl methyl sites for hydroxylation is 2. The number of thiophene rings is 1. The van der Waals surface area contributed by atoms with Crippen LogP contribution in [0.1, 0.15) is 24.8 Å². The summed E-state index contributed by atoms with van der Waals surface area (Å²) in [5.74, 6) is 0.0474. The average molecular weight is 397 g/mol. The molecular formula is C21H24N4O2S. The SMILES string of the molecule is Cc1ccc(-c2csc3ncn(CCC(=O)N4CCCC(N)C4)c(=O)c23)cc1. The number of aromatic nitrogens is 2. The first kappa shape index (κ1) is 18.8. The molecule has 3 aromatic rings. The van der Waals surface area contributed by atoms with Crippen LogP contribution in [0.5, 0.6) is 0 Å². The van der Waals surface area contributed by atoms with Gasteiger partial charge in [0, 0.05) is 43.0 Å². The summed E-state index contributed by atoms with van der Waals surface area (Å²) in [5.41, 5.74) is 8.96. The third-order valence-electron chi connectivity index (χ3n) is 5.30. The molecule has 0 spiro atoms. The third-order valence-corrected chi connectivity index (χ3v) is 6.19. The Bertz CT molecular complexity index is 1050. The van der Waals surface area contributed by atoms with E-state index in [9.17, 15) is 9.59 Å². The third kappa shape index (κ3) is 3.72. The molecule has 0 radical (unpaired) electrons. The van der Waals surface area contributed by atoms with E-state index in [1.807, 2.05) is 41.5 Å². The normalized spacial score (nSPS) is 17.2. The highest BCUT2D eigenvalue weighted by Crippen LogP contribution is 2.30. The smallest absolute Gasteiger partial charge is 0.262 e. The molecule has 1 unspecified atom stereocenters. The number of carbonyl (C=O) groups is 1. The van der Waals surface area contributed by atoms with Crippen LogP contribution in [0.4, 0.5) is 0 Å². The molecule has 3 heterocycles. The van der Waals surface area contributed by atoms with Crippen LogP contribution in [0.25, 0.3) is 21.3 Å². The number of nitrogens with zero attached hydrogens (tertiary/aromatic N) is 3. The highest BCUT2D eigenvalue weighted by atomic mass is 32.1. The predicted octanol–water partition coefficient (Wildman–Crippen LogP) is 2.77. The molecule has 28 heavy (non-hydrogen) atoms. The summed E-state index contributed by atoms with van der Waals surface area (Å²) in [6, 6.07) is 8.18. The molecule has 1 atom stereocenters. The molecule has 4 rings (SSSR count). The maximum Gasteiger partial charge on any atom is 0.262 e. The predicted molar refractivity (Wildman–Crippen MR) is 112 cm³/mol. The van der Waals surface area contributed by atoms with Crippen LogP contribution < -0.4 is 11.3 Å². The molecule has 0 bridgehead atoms. The van der Waals surface area contributed by atoms with Gasteiger partial charge in [0.15, 0.2) is 0 Å². The highest BCUT2D eigenvalue weighted by Gasteiger charge is 2.21. The van der Waals surface area contributed by atoms with Gasteiger partial charge in [-0.25, -0.2) is 4.98 Å². The lowest BCUT2D eigenvalue weighted by Crippen LogP contribution is -2.46. The lowest BCUT2D eigenvalue weighted by molar-refractivity contribution is -0.132. The Kier molecular flexibility index (Phi) is 5.28. The zero-order valence-electron chi connectivity index (χ0n) is 15.9. The van der Waals surface area contributed by atoms with Crippen LogP contribution in [0, 0.1) is 6.92 Å². The van der Waals surface area contributed by atoms with Gasteiger partial charge in [0.05, 0.1) is 11.7 Å². The van der Waals surface area contributed by atoms with Crippen LogP contribution in [-0.4, -0.2) is 39.5 Å². The average Bonchev–Trinajstić information content (AvgIpc) is 3.13. The fourth-order valence-corrected chi connectivity index (χ4v) is 4.59. The zero-order chi connectivity index (χ0) is 19.7. The molecule has 0 saturated carbocycles. The first-order valence-corrected chi connectivity index (χ1v) is 10.5. The summed E-state index contributed by atoms with van der Waals surface area (Å²) in [6.45, 7) is 3.72. The van der Waals surface area contributed by atoms with E-state index < -0.39 is 0 Å². The van der Waals surface area contributed by atoms with Gasteiger partial charge >= 0.3 is 0 Å². The summed E-state index contributed by atoms with van der Waals surface area (Å²) in [6.07, 6.45) is 3.73. The molecule has 1 amide bonds. The van der Waals surface area contributed by atoms with Crippen molar-refractivity contribution in [3.8, 4) is 11.1 Å². The van der Waals surface area contributed by atoms with E-state index in [2.05, 4.69) is 4.98 Å². The molecule has 1 aliphatic heterocycles. The Labute approximate surface area is 167 Å². The van der Waals surface area contributed by atoms with Crippen molar-refractivity contribution in [2.24, 2.45) is 5.73 Å². The quantitative estimate of drug-likeness (QED) is 0.735. The Morgan fingerprint density at radius 1 is 1.32 bits per heavy atom. The largest absolute Gasteiger partial charge is 0.341 e. The van der Waals surface area contributed by atoms with E-state index in [0.717, 1.165) is 35.3 Å². The van der Waals surface area contributed by atoms with Crippen molar-refractivity contribution in [2.45, 2.75) is 38.8 Å². The number of fused-ring (bicyclic) bond motifs is 1. The van der Waals surface area contributed by atoms with Crippen molar-refractivity contribution in [1.82, 2.24) is 14.5 Å². The number of benzene rings is 1. The summed E-state index contributed by atoms with van der Waals surface area (Å²) in [7, 11) is 0. The Balaban J connectivity index is 1.57. The van der Waals surface area contributed by atoms with Crippen LogP contribution in [0.15, 0.2) is 40.8 Å². The van der Waals surface area contributed by atoms with Crippen LogP contribution >= 0.6 is 11.3 Å². The zero-order valence-corrected chi connectivity index (χ0v) is 16.7. The maximum absolute atomic E-state index is 13.1. The Hall–Kier alpha value is -2.51. The van der Waals surface area contributed by atoms with Crippen molar-refractivity contribution in [3.05, 3.63) is 51.9 Å². The van der Waals surface area contributed by atoms with Gasteiger partial charge < -0.3 is 10.6 Å². The van der Waals surface area contributed by atoms with Gasteiger partial charge in [-0.2, -0.15) is 0 Å². The lowest BCUT2D eigenvalue weighted by Gasteiger charge is -2.30. The lowest BCUT2D eigenvalue weighted by atomic mass is 10.1. The van der Waals surface area contributed by atoms with Crippen LogP contribution in [-0.2, 0) is 11.3 Å². The fraction of sp³-hybridized carbons (Fsp3) is 0.381. The second-order valence-electron chi connectivity index (χ2n) is 7.43. The van der Waals surface area contributed by atoms with Crippen molar-refractivity contribution in [3.63, 3.8) is 0 Å². The van der Waals surface area contributed by atoms with Gasteiger partial charge in [0.25, 0.3) is 5.56 Å². The molecule has 1 fully saturated rings. The van der Waals surface area contributed by atoms with Gasteiger partial charge in [-0.3, -0.25) is 14.2 Å². The number of piperidine rings is 1. The second-order valence-corrected chi connectivity index (χ2v) is 8.29. The van der Waals surface area contributed by atoms with E-state index >= 15 is 0 Å². The first-order valence-electron chi connectivity index (χ1n) is 9.60. The van der Waals surface area contributed by atoms with Gasteiger partial charge in [0.2, 0.25) is 5.91 Å². The topological polar surface area (TPSA) is 81.2 Å². The molecule has 7 heteroatoms. The van der Waals surface area contributed by atoms with Crippen molar-refractivity contribution >= 4 is 27.5 Å². The molecule has 2 aromatic heterocycles. The van der Waals surface area contributed by atoms with E-state index in [4.69, 9.17) is 5.73 Å². The fourth-order valence-electron chi connectivity index (χ4n) is 3.68. The number of hydrogen-bond acceptors (Lipinski definition) is 5. The molecule has 2 N–H and O–H groups in total. The first-order chi connectivity index (χ1) is 13.5. The van der Waals surface area contributed by atoms with E-state index in [1.165, 1.54) is 16.9 Å². The number of amides is 1. The second kappa shape index (κ2) is 7.85. The van der Waals surface area contributed by atoms with Gasteiger partial charge in [0.1, 0.15) is 4.83 Å². The molecular weight excluding hydrogens is 372 g/mol. The molecule has 1 aliphatic rings. The van der Waals surface area contributed by atoms with E-state index in [1.54, 1.807) is 10.9 Å². The van der Waals surface area contributed by atoms with Crippen LogP contribution in [0.3, 0.4) is 0 Å². The minimum Gasteiger partial charge on any atom is -0.341 e. The van der Waals surface area contributed by atoms with Crippen molar-refractivity contribution < 1.29 is 4.79 Å². The highest BCUT2D eigenvalue weighted by molar-refractivity contribution is 7.17. The van der Waals surface area contributed by atoms with Crippen LogP contribution in [0.2, 0.25) is 0 Å². The van der Waals surface area contributed by atoms with Gasteiger partial charge in [-0.1, -0.05) is 29.8 Å². The monoisotopic (exact) mass is 396 g/mol. The molecule has 146 valence electrons. The number of likely N-dealkylation sites (tertiary alicyclic amines) is 1. The molecule has 1 aromatic carbocycles. The van der Waals surface area contributed by atoms with Crippen molar-refractivity contribution in [2.75, 3.05) is 13.1 Å². The molecule has 6 nitrogen and oxygen atoms in total. The number of carbonyl (C=O) groups excluding carboxylic acids is 1. The maximum atomic E-state index is 13.1. The summed E-state index contributed by atoms with van der Waals surface area (Å²) >= 11 is 1.47. The standard InChI is InChI=1S/C21H24N4O2S/c1-14-4-6-15(7-5-14)17-12-28-20-19(17)21(27)25(13-23-20)10-8-18(26)24-9-2-3-16(22)11-24/h4-7,12-13,16H,2-3,8-11,22H2,1H3. The minimum atomic E-state index is -0.0926. The van der Waals surface area contributed by atoms with E-state index in [0.29, 0.717) is 18.5 Å². The summed E-state index contributed by atoms with van der Waals surface area (Å²) in [5, 5.41) is 2.61. The minimum absolute atomic E-state index is 0.0474. The summed E-state index contributed by atoms with van der Waals surface area (Å²) < 4.78 is 1.55. The number of rotatable bonds is 4. The van der Waals surface area contributed by atoms with Gasteiger partial charge in [-0.05, 0) is 25.3 Å². The Morgan fingerprint density at radius 2 is 2.11 bits per heavy atom. The summed E-state index contributed by atoms with van der Waals surface area (Å²) in [4.78, 5) is 32.6. The molecule has 0 aliphatic carbocycles. The number of hydrogen-bond donors (Lipinski definition) is 1. The van der Waals surface area contributed by atoms with Gasteiger partial charge in [-0.15, -0.1) is 11.3 Å². The number of nitrogens with two attached hydrogens (primary N) is 1. The van der Waals surface area contributed by atoms with Crippen molar-refractivity contribution in [1.29, 1.82) is 0 Å². The van der Waals surface area contributed by atoms with E-state index in [-0.39, 0.29) is 23.9 Å². The Morgan fingerprint density at radius 3 is 2.86 bits per heavy atom. The molecule has 1 saturated heterocycles.